The van der Waals surface area contributed by atoms with Gasteiger partial charge < -0.3 is 14.8 Å². The number of hydrogen-bond donors (Lipinski definition) is 1. The monoisotopic (exact) mass is 419 g/mol. The van der Waals surface area contributed by atoms with E-state index in [1.165, 1.54) is 49.2 Å². The van der Waals surface area contributed by atoms with E-state index >= 15 is 0 Å². The van der Waals surface area contributed by atoms with E-state index in [1.807, 2.05) is 18.2 Å². The lowest BCUT2D eigenvalue weighted by molar-refractivity contribution is -0.111. The topological polar surface area (TPSA) is 89.2 Å². The molecule has 4 rings (SSSR count). The zero-order valence-corrected chi connectivity index (χ0v) is 17.7. The van der Waals surface area contributed by atoms with Crippen LogP contribution in [-0.4, -0.2) is 33.1 Å². The minimum atomic E-state index is -0.451. The molecule has 1 aliphatic heterocycles. The van der Waals surface area contributed by atoms with Crippen LogP contribution < -0.4 is 21.5 Å². The fraction of sp³-hybridized carbons (Fsp3) is 0.304. The Hall–Kier alpha value is -3.68. The molecule has 0 saturated carbocycles. The van der Waals surface area contributed by atoms with Crippen molar-refractivity contribution in [2.24, 2.45) is 14.1 Å². The highest BCUT2D eigenvalue weighted by Crippen LogP contribution is 2.33. The first-order valence-electron chi connectivity index (χ1n) is 10.3. The van der Waals surface area contributed by atoms with Crippen LogP contribution in [0.3, 0.4) is 0 Å². The second kappa shape index (κ2) is 8.59. The van der Waals surface area contributed by atoms with Crippen LogP contribution >= 0.6 is 0 Å². The number of anilines is 2. The van der Waals surface area contributed by atoms with E-state index in [-0.39, 0.29) is 11.5 Å². The van der Waals surface area contributed by atoms with Crippen LogP contribution in [0.2, 0.25) is 0 Å². The predicted octanol–water partition coefficient (Wildman–Crippen LogP) is 2.27. The van der Waals surface area contributed by atoms with Crippen LogP contribution in [-0.2, 0) is 18.9 Å². The summed E-state index contributed by atoms with van der Waals surface area (Å²) in [4.78, 5) is 43.2. The van der Waals surface area contributed by atoms with E-state index < -0.39 is 11.2 Å². The molecular weight excluding hydrogens is 394 g/mol. The number of hydrogen-bond acceptors (Lipinski definition) is 5. The second-order valence-electron chi connectivity index (χ2n) is 7.77. The first-order valence-corrected chi connectivity index (χ1v) is 10.3. The van der Waals surface area contributed by atoms with Crippen LogP contribution in [0.15, 0.2) is 52.5 Å². The van der Waals surface area contributed by atoms with Gasteiger partial charge in [0.2, 0.25) is 5.91 Å². The van der Waals surface area contributed by atoms with Crippen molar-refractivity contribution >= 4 is 34.1 Å². The molecule has 3 heterocycles. The van der Waals surface area contributed by atoms with Crippen molar-refractivity contribution in [2.75, 3.05) is 23.3 Å². The molecule has 0 radical (unpaired) electrons. The van der Waals surface area contributed by atoms with Gasteiger partial charge in [0, 0.05) is 68.3 Å². The fourth-order valence-corrected chi connectivity index (χ4v) is 3.98. The molecule has 0 aliphatic carbocycles. The SMILES string of the molecule is Cn1cc(C=CC(=O)Nc2ccc(N3CCCCC3)c3ccncc23)c(=O)n(C)c1=O. The zero-order chi connectivity index (χ0) is 22.0. The van der Waals surface area contributed by atoms with Gasteiger partial charge in [0.25, 0.3) is 5.56 Å². The first kappa shape index (κ1) is 20.6. The molecule has 1 aromatic carbocycles. The van der Waals surface area contributed by atoms with Crippen LogP contribution in [0, 0.1) is 0 Å². The standard InChI is InChI=1S/C23H25N5O3/c1-26-15-16(22(30)27(2)23(26)31)6-9-21(29)25-19-7-8-20(28-12-4-3-5-13-28)17-10-11-24-14-18(17)19/h6-11,14-15H,3-5,12-13H2,1-2H3,(H,25,29). The largest absolute Gasteiger partial charge is 0.371 e. The maximum atomic E-state index is 12.6. The third-order valence-electron chi connectivity index (χ3n) is 5.64. The maximum Gasteiger partial charge on any atom is 0.330 e. The van der Waals surface area contributed by atoms with Crippen LogP contribution in [0.1, 0.15) is 24.8 Å². The number of carbonyl (C=O) groups is 1. The Kier molecular flexibility index (Phi) is 5.70. The molecule has 3 aromatic rings. The second-order valence-corrected chi connectivity index (χ2v) is 7.77. The summed E-state index contributed by atoms with van der Waals surface area (Å²) in [6.45, 7) is 2.06. The molecule has 0 spiro atoms. The number of benzene rings is 1. The number of nitrogens with one attached hydrogen (secondary N) is 1. The highest BCUT2D eigenvalue weighted by atomic mass is 16.2. The van der Waals surface area contributed by atoms with E-state index in [0.717, 1.165) is 34.1 Å². The molecule has 2 aromatic heterocycles. The Morgan fingerprint density at radius 1 is 1.06 bits per heavy atom. The number of amides is 1. The summed E-state index contributed by atoms with van der Waals surface area (Å²) in [6.07, 6.45) is 11.3. The Balaban J connectivity index is 1.61. The van der Waals surface area contributed by atoms with Gasteiger partial charge in [-0.2, -0.15) is 0 Å². The van der Waals surface area contributed by atoms with Crippen molar-refractivity contribution in [3.63, 3.8) is 0 Å². The van der Waals surface area contributed by atoms with Gasteiger partial charge in [-0.15, -0.1) is 0 Å². The lowest BCUT2D eigenvalue weighted by Gasteiger charge is -2.30. The van der Waals surface area contributed by atoms with Gasteiger partial charge in [-0.25, -0.2) is 4.79 Å². The van der Waals surface area contributed by atoms with Crippen LogP contribution in [0.25, 0.3) is 16.8 Å². The summed E-state index contributed by atoms with van der Waals surface area (Å²) in [5.74, 6) is -0.369. The van der Waals surface area contributed by atoms with Gasteiger partial charge >= 0.3 is 5.69 Å². The molecule has 1 saturated heterocycles. The van der Waals surface area contributed by atoms with Gasteiger partial charge in [0.1, 0.15) is 0 Å². The van der Waals surface area contributed by atoms with Gasteiger partial charge in [-0.3, -0.25) is 19.1 Å². The van der Waals surface area contributed by atoms with Crippen molar-refractivity contribution in [3.05, 3.63) is 69.3 Å². The van der Waals surface area contributed by atoms with E-state index in [9.17, 15) is 14.4 Å². The molecule has 1 N–H and O–H groups in total. The van der Waals surface area contributed by atoms with E-state index in [1.54, 1.807) is 19.4 Å². The Morgan fingerprint density at radius 3 is 2.61 bits per heavy atom. The first-order chi connectivity index (χ1) is 15.0. The molecule has 1 fully saturated rings. The number of carbonyl (C=O) groups excluding carboxylic acids is 1. The highest BCUT2D eigenvalue weighted by Gasteiger charge is 2.15. The Morgan fingerprint density at radius 2 is 1.84 bits per heavy atom. The zero-order valence-electron chi connectivity index (χ0n) is 17.7. The number of aromatic nitrogens is 3. The van der Waals surface area contributed by atoms with Gasteiger partial charge in [-0.1, -0.05) is 0 Å². The smallest absolute Gasteiger partial charge is 0.330 e. The van der Waals surface area contributed by atoms with Crippen molar-refractivity contribution < 1.29 is 4.79 Å². The van der Waals surface area contributed by atoms with Crippen LogP contribution in [0.5, 0.6) is 0 Å². The number of nitrogens with zero attached hydrogens (tertiary/aromatic N) is 4. The highest BCUT2D eigenvalue weighted by molar-refractivity contribution is 6.09. The summed E-state index contributed by atoms with van der Waals surface area (Å²) in [5, 5.41) is 4.80. The average molecular weight is 419 g/mol. The lowest BCUT2D eigenvalue weighted by atomic mass is 10.1. The van der Waals surface area contributed by atoms with Crippen molar-refractivity contribution in [2.45, 2.75) is 19.3 Å². The molecule has 160 valence electrons. The average Bonchev–Trinajstić information content (AvgIpc) is 2.80. The van der Waals surface area contributed by atoms with Crippen molar-refractivity contribution in [3.8, 4) is 0 Å². The lowest BCUT2D eigenvalue weighted by Crippen LogP contribution is -2.37. The van der Waals surface area contributed by atoms with E-state index in [2.05, 4.69) is 15.2 Å². The number of pyridine rings is 1. The van der Waals surface area contributed by atoms with Crippen molar-refractivity contribution in [1.29, 1.82) is 0 Å². The molecule has 31 heavy (non-hydrogen) atoms. The number of rotatable bonds is 4. The summed E-state index contributed by atoms with van der Waals surface area (Å²) in [7, 11) is 2.97. The van der Waals surface area contributed by atoms with E-state index in [0.29, 0.717) is 5.69 Å². The van der Waals surface area contributed by atoms with Crippen molar-refractivity contribution in [1.82, 2.24) is 14.1 Å². The summed E-state index contributed by atoms with van der Waals surface area (Å²) in [6, 6.07) is 5.90. The third kappa shape index (κ3) is 4.14. The summed E-state index contributed by atoms with van der Waals surface area (Å²) in [5.41, 5.74) is 1.20. The molecule has 1 amide bonds. The number of fused-ring (bicyclic) bond motifs is 1. The maximum absolute atomic E-state index is 12.6. The number of aryl methyl sites for hydroxylation is 1. The molecule has 0 bridgehead atoms. The molecule has 0 unspecified atom stereocenters. The number of piperidine rings is 1. The third-order valence-corrected chi connectivity index (χ3v) is 5.64. The van der Waals surface area contributed by atoms with Crippen LogP contribution in [0.4, 0.5) is 11.4 Å². The predicted molar refractivity (Wildman–Crippen MR) is 122 cm³/mol. The van der Waals surface area contributed by atoms with Gasteiger partial charge in [0.15, 0.2) is 0 Å². The Bertz CT molecular complexity index is 1280. The van der Waals surface area contributed by atoms with Gasteiger partial charge in [0.05, 0.1) is 11.3 Å². The quantitative estimate of drug-likeness (QED) is 0.656. The normalized spacial score (nSPS) is 14.3. The minimum Gasteiger partial charge on any atom is -0.371 e. The van der Waals surface area contributed by atoms with Gasteiger partial charge in [-0.05, 0) is 43.5 Å². The summed E-state index contributed by atoms with van der Waals surface area (Å²) >= 11 is 0. The van der Waals surface area contributed by atoms with E-state index in [4.69, 9.17) is 0 Å². The summed E-state index contributed by atoms with van der Waals surface area (Å²) < 4.78 is 2.31. The molecule has 8 nitrogen and oxygen atoms in total. The minimum absolute atomic E-state index is 0.256. The molecule has 1 aliphatic rings. The fourth-order valence-electron chi connectivity index (χ4n) is 3.98. The molecule has 0 atom stereocenters. The molecular formula is C23H25N5O3. The Labute approximate surface area is 179 Å². The molecule has 8 heteroatoms.